The SMILES string of the molecule is COc1cc2c(c(OC)c1OC)-c1ccc(SC)c(=O)cc1[C@@H](NC(=O)c1cncc(C(=O)N[C@H]3CCc4cc(OC)c(OC)c(OC)c4-c4ccc(SC)c(=O)cc43)c1)CC2. The summed E-state index contributed by atoms with van der Waals surface area (Å²) in [4.78, 5) is 60.9. The zero-order valence-electron chi connectivity index (χ0n) is 35.7. The van der Waals surface area contributed by atoms with E-state index in [9.17, 15) is 19.2 Å². The Morgan fingerprint density at radius 3 is 1.32 bits per heavy atom. The quantitative estimate of drug-likeness (QED) is 0.119. The van der Waals surface area contributed by atoms with Crippen LogP contribution in [0.1, 0.15) is 67.9 Å². The molecule has 0 bridgehead atoms. The highest BCUT2D eigenvalue weighted by Gasteiger charge is 2.32. The van der Waals surface area contributed by atoms with Crippen molar-refractivity contribution in [1.29, 1.82) is 0 Å². The molecule has 4 aromatic carbocycles. The van der Waals surface area contributed by atoms with E-state index in [2.05, 4.69) is 15.6 Å². The molecule has 0 aliphatic heterocycles. The van der Waals surface area contributed by atoms with Gasteiger partial charge >= 0.3 is 0 Å². The average Bonchev–Trinajstić information content (AvgIpc) is 3.69. The van der Waals surface area contributed by atoms with Gasteiger partial charge in [0.1, 0.15) is 0 Å². The third-order valence-electron chi connectivity index (χ3n) is 11.3. The van der Waals surface area contributed by atoms with Crippen LogP contribution in [0.5, 0.6) is 34.5 Å². The predicted molar refractivity (Wildman–Crippen MR) is 240 cm³/mol. The lowest BCUT2D eigenvalue weighted by molar-refractivity contribution is 0.0934. The zero-order chi connectivity index (χ0) is 44.2. The number of thioether (sulfide) groups is 2. The molecule has 0 fully saturated rings. The molecule has 5 aromatic rings. The van der Waals surface area contributed by atoms with Crippen molar-refractivity contribution >= 4 is 35.3 Å². The molecule has 0 saturated heterocycles. The van der Waals surface area contributed by atoms with Gasteiger partial charge in [-0.1, -0.05) is 12.1 Å². The number of pyridine rings is 1. The minimum Gasteiger partial charge on any atom is -0.493 e. The second-order valence-corrected chi connectivity index (χ2v) is 16.2. The molecule has 0 radical (unpaired) electrons. The predicted octanol–water partition coefficient (Wildman–Crippen LogP) is 7.47. The van der Waals surface area contributed by atoms with Gasteiger partial charge in [0.15, 0.2) is 33.9 Å². The Morgan fingerprint density at radius 1 is 0.565 bits per heavy atom. The second kappa shape index (κ2) is 18.8. The van der Waals surface area contributed by atoms with Gasteiger partial charge in [0, 0.05) is 23.5 Å². The van der Waals surface area contributed by atoms with Crippen LogP contribution in [-0.2, 0) is 12.8 Å². The minimum absolute atomic E-state index is 0.143. The maximum absolute atomic E-state index is 14.2. The number of fused-ring (bicyclic) bond motifs is 6. The fraction of sp³-hybridized carbons (Fsp3) is 0.298. The Hall–Kier alpha value is -6.19. The summed E-state index contributed by atoms with van der Waals surface area (Å²) in [6.07, 6.45) is 8.32. The topological polar surface area (TPSA) is 161 Å². The number of benzene rings is 2. The fourth-order valence-electron chi connectivity index (χ4n) is 8.40. The van der Waals surface area contributed by atoms with Gasteiger partial charge in [-0.05, 0) is 114 Å². The minimum atomic E-state index is -0.620. The average molecular weight is 878 g/mol. The normalized spacial score (nSPS) is 14.9. The van der Waals surface area contributed by atoms with Crippen LogP contribution in [0.2, 0.25) is 0 Å². The van der Waals surface area contributed by atoms with Crippen molar-refractivity contribution in [2.75, 3.05) is 55.2 Å². The van der Waals surface area contributed by atoms with E-state index in [-0.39, 0.29) is 22.0 Å². The largest absolute Gasteiger partial charge is 0.493 e. The third-order valence-corrected chi connectivity index (χ3v) is 12.9. The van der Waals surface area contributed by atoms with Crippen LogP contribution in [0.25, 0.3) is 22.3 Å². The van der Waals surface area contributed by atoms with Gasteiger partial charge in [0.05, 0.1) is 75.7 Å². The van der Waals surface area contributed by atoms with Crippen LogP contribution in [0.4, 0.5) is 0 Å². The summed E-state index contributed by atoms with van der Waals surface area (Å²) in [6, 6.07) is 14.5. The molecular formula is C47H47N3O10S2. The Kier molecular flexibility index (Phi) is 13.3. The van der Waals surface area contributed by atoms with E-state index in [1.807, 2.05) is 36.8 Å². The van der Waals surface area contributed by atoms with E-state index in [1.54, 1.807) is 52.7 Å². The molecule has 7 rings (SSSR count). The van der Waals surface area contributed by atoms with Gasteiger partial charge in [-0.2, -0.15) is 0 Å². The molecule has 2 aliphatic rings. The van der Waals surface area contributed by atoms with Gasteiger partial charge < -0.3 is 39.1 Å². The van der Waals surface area contributed by atoms with Gasteiger partial charge in [-0.3, -0.25) is 24.2 Å². The van der Waals surface area contributed by atoms with Crippen LogP contribution in [0, 0.1) is 0 Å². The first-order valence-electron chi connectivity index (χ1n) is 19.7. The number of aromatic nitrogens is 1. The Labute approximate surface area is 367 Å². The Morgan fingerprint density at radius 2 is 0.968 bits per heavy atom. The van der Waals surface area contributed by atoms with Crippen LogP contribution >= 0.6 is 23.5 Å². The smallest absolute Gasteiger partial charge is 0.253 e. The molecule has 322 valence electrons. The molecule has 0 unspecified atom stereocenters. The summed E-state index contributed by atoms with van der Waals surface area (Å²) in [6.45, 7) is 0. The van der Waals surface area contributed by atoms with E-state index in [0.29, 0.717) is 92.2 Å². The molecule has 13 nitrogen and oxygen atoms in total. The van der Waals surface area contributed by atoms with Crippen LogP contribution < -0.4 is 49.9 Å². The van der Waals surface area contributed by atoms with Crippen LogP contribution in [0.15, 0.2) is 86.4 Å². The summed E-state index contributed by atoms with van der Waals surface area (Å²) in [7, 11) is 9.28. The molecule has 0 saturated carbocycles. The van der Waals surface area contributed by atoms with E-state index < -0.39 is 23.9 Å². The highest BCUT2D eigenvalue weighted by Crippen LogP contribution is 2.52. The van der Waals surface area contributed by atoms with Crippen molar-refractivity contribution in [3.63, 3.8) is 0 Å². The zero-order valence-corrected chi connectivity index (χ0v) is 37.3. The third kappa shape index (κ3) is 8.14. The number of carbonyl (C=O) groups excluding carboxylic acids is 2. The lowest BCUT2D eigenvalue weighted by Crippen LogP contribution is -2.31. The van der Waals surface area contributed by atoms with E-state index >= 15 is 0 Å². The molecule has 2 atom stereocenters. The first kappa shape index (κ1) is 43.9. The number of methoxy groups -OCH3 is 6. The van der Waals surface area contributed by atoms with Crippen molar-refractivity contribution in [3.8, 4) is 56.8 Å². The molecule has 15 heteroatoms. The molecule has 1 aromatic heterocycles. The summed E-state index contributed by atoms with van der Waals surface area (Å²) < 4.78 is 34.6. The number of nitrogens with one attached hydrogen (secondary N) is 2. The standard InChI is InChI=1S/C47H47N3O10S2/c1-55-36-18-24-9-13-32(30-20-34(51)38(61-7)15-11-28(30)40(24)44(59-5)42(36)57-3)49-46(53)26-17-27(23-48-22-26)47(54)50-33-14-10-25-19-37(56-2)43(58-4)45(60-6)41(25)29-12-16-39(62-8)35(52)21-31(29)33/h11-12,15-23,32-33H,9-10,13-14H2,1-8H3,(H,49,53)(H,50,54)/t32-,33-/m0/s1. The molecule has 2 N–H and O–H groups in total. The summed E-state index contributed by atoms with van der Waals surface area (Å²) >= 11 is 2.67. The number of aryl methyl sites for hydroxylation is 2. The van der Waals surface area contributed by atoms with E-state index in [0.717, 1.165) is 22.3 Å². The highest BCUT2D eigenvalue weighted by molar-refractivity contribution is 7.98. The summed E-state index contributed by atoms with van der Waals surface area (Å²) in [5.74, 6) is 1.73. The Balaban J connectivity index is 1.23. The Bertz CT molecular complexity index is 2530. The number of ether oxygens (including phenoxy) is 6. The monoisotopic (exact) mass is 877 g/mol. The molecule has 0 spiro atoms. The number of nitrogens with zero attached hydrogens (tertiary/aromatic N) is 1. The molecule has 62 heavy (non-hydrogen) atoms. The van der Waals surface area contributed by atoms with Crippen LogP contribution in [0.3, 0.4) is 0 Å². The first-order chi connectivity index (χ1) is 30.0. The maximum atomic E-state index is 14.2. The van der Waals surface area contributed by atoms with Crippen LogP contribution in [-0.4, -0.2) is 72.0 Å². The van der Waals surface area contributed by atoms with E-state index in [4.69, 9.17) is 28.4 Å². The van der Waals surface area contributed by atoms with Gasteiger partial charge in [0.2, 0.25) is 11.5 Å². The molecular weight excluding hydrogens is 831 g/mol. The first-order valence-corrected chi connectivity index (χ1v) is 22.1. The molecule has 2 amide bonds. The van der Waals surface area contributed by atoms with Crippen molar-refractivity contribution in [1.82, 2.24) is 15.6 Å². The van der Waals surface area contributed by atoms with Crippen molar-refractivity contribution < 1.29 is 38.0 Å². The fourth-order valence-corrected chi connectivity index (χ4v) is 9.33. The number of hydrogen-bond acceptors (Lipinski definition) is 13. The highest BCUT2D eigenvalue weighted by atomic mass is 32.2. The van der Waals surface area contributed by atoms with Crippen molar-refractivity contribution in [2.24, 2.45) is 0 Å². The maximum Gasteiger partial charge on any atom is 0.253 e. The van der Waals surface area contributed by atoms with Gasteiger partial charge in [-0.15, -0.1) is 23.5 Å². The summed E-state index contributed by atoms with van der Waals surface area (Å²) in [5.41, 5.74) is 5.77. The molecule has 2 aliphatic carbocycles. The number of carbonyl (C=O) groups is 2. The van der Waals surface area contributed by atoms with Gasteiger partial charge in [-0.25, -0.2) is 0 Å². The van der Waals surface area contributed by atoms with E-state index in [1.165, 1.54) is 56.2 Å². The summed E-state index contributed by atoms with van der Waals surface area (Å²) in [5, 5.41) is 6.28. The molecule has 1 heterocycles. The second-order valence-electron chi connectivity index (χ2n) is 14.5. The lowest BCUT2D eigenvalue weighted by atomic mass is 9.95. The number of rotatable bonds is 12. The number of hydrogen-bond donors (Lipinski definition) is 2. The van der Waals surface area contributed by atoms with Gasteiger partial charge in [0.25, 0.3) is 11.8 Å². The van der Waals surface area contributed by atoms with Crippen molar-refractivity contribution in [3.05, 3.63) is 121 Å². The lowest BCUT2D eigenvalue weighted by Gasteiger charge is -2.20. The number of amides is 2. The van der Waals surface area contributed by atoms with Crippen molar-refractivity contribution in [2.45, 2.75) is 47.6 Å².